The lowest BCUT2D eigenvalue weighted by Gasteiger charge is -2.20. The van der Waals surface area contributed by atoms with Crippen LogP contribution in [0, 0.1) is 0 Å². The molecule has 0 aliphatic carbocycles. The molecule has 1 aromatic carbocycles. The summed E-state index contributed by atoms with van der Waals surface area (Å²) in [6.45, 7) is 0.299. The molecule has 0 saturated carbocycles. The maximum atomic E-state index is 11.0. The van der Waals surface area contributed by atoms with Crippen molar-refractivity contribution in [3.63, 3.8) is 0 Å². The quantitative estimate of drug-likeness (QED) is 0.668. The van der Waals surface area contributed by atoms with Crippen molar-refractivity contribution in [2.75, 3.05) is 11.9 Å². The van der Waals surface area contributed by atoms with Crippen LogP contribution in [0.15, 0.2) is 18.2 Å². The predicted octanol–water partition coefficient (Wildman–Crippen LogP) is 0.408. The van der Waals surface area contributed by atoms with Crippen molar-refractivity contribution in [3.05, 3.63) is 23.8 Å². The molecular formula is C9H10N2O3. The first kappa shape index (κ1) is 8.98. The van der Waals surface area contributed by atoms with Crippen molar-refractivity contribution < 1.29 is 14.4 Å². The van der Waals surface area contributed by atoms with Crippen molar-refractivity contribution in [1.82, 2.24) is 0 Å². The van der Waals surface area contributed by atoms with Crippen LogP contribution >= 0.6 is 0 Å². The second-order valence-corrected chi connectivity index (χ2v) is 2.94. The minimum absolute atomic E-state index is 0.0363. The van der Waals surface area contributed by atoms with Gasteiger partial charge in [0.05, 0.1) is 12.3 Å². The van der Waals surface area contributed by atoms with E-state index in [1.807, 2.05) is 12.1 Å². The van der Waals surface area contributed by atoms with Gasteiger partial charge in [-0.05, 0) is 6.07 Å². The summed E-state index contributed by atoms with van der Waals surface area (Å²) in [5.74, 6) is 5.46. The Bertz CT molecular complexity index is 365. The highest BCUT2D eigenvalue weighted by atomic mass is 16.6. The summed E-state index contributed by atoms with van der Waals surface area (Å²) in [5.41, 5.74) is 1.49. The Morgan fingerprint density at radius 2 is 2.43 bits per heavy atom. The van der Waals surface area contributed by atoms with Crippen molar-refractivity contribution in [2.45, 2.75) is 6.61 Å². The summed E-state index contributed by atoms with van der Waals surface area (Å²) in [7, 11) is 0. The van der Waals surface area contributed by atoms with Crippen LogP contribution in [0.4, 0.5) is 5.69 Å². The van der Waals surface area contributed by atoms with Crippen LogP contribution < -0.4 is 16.0 Å². The summed E-state index contributed by atoms with van der Waals surface area (Å²) in [6, 6.07) is 5.41. The number of rotatable bonds is 2. The number of ether oxygens (including phenoxy) is 1. The number of nitrogens with one attached hydrogen (secondary N) is 1. The van der Waals surface area contributed by atoms with E-state index in [4.69, 9.17) is 10.6 Å². The number of carbonyl (C=O) groups excluding carboxylic acids is 1. The number of carbonyl (C=O) groups is 1. The van der Waals surface area contributed by atoms with Gasteiger partial charge in [-0.15, -0.1) is 0 Å². The average Bonchev–Trinajstić information content (AvgIpc) is 2.18. The highest BCUT2D eigenvalue weighted by Gasteiger charge is 2.18. The molecule has 0 radical (unpaired) electrons. The molecule has 3 N–H and O–H groups in total. The summed E-state index contributed by atoms with van der Waals surface area (Å²) in [4.78, 5) is 15.5. The molecule has 0 saturated heterocycles. The monoisotopic (exact) mass is 194 g/mol. The zero-order valence-corrected chi connectivity index (χ0v) is 7.45. The van der Waals surface area contributed by atoms with Crippen LogP contribution in [0.3, 0.4) is 0 Å². The maximum Gasteiger partial charge on any atom is 0.262 e. The fourth-order valence-corrected chi connectivity index (χ4v) is 1.38. The summed E-state index contributed by atoms with van der Waals surface area (Å²) in [5, 5.41) is 2.70. The Kier molecular flexibility index (Phi) is 2.34. The van der Waals surface area contributed by atoms with Crippen molar-refractivity contribution >= 4 is 11.6 Å². The lowest BCUT2D eigenvalue weighted by molar-refractivity contribution is -0.118. The molecule has 0 atom stereocenters. The lowest BCUT2D eigenvalue weighted by atomic mass is 10.1. The van der Waals surface area contributed by atoms with E-state index in [1.54, 1.807) is 6.07 Å². The van der Waals surface area contributed by atoms with Crippen LogP contribution in [-0.2, 0) is 16.2 Å². The lowest BCUT2D eigenvalue weighted by Crippen LogP contribution is -2.26. The van der Waals surface area contributed by atoms with E-state index in [0.29, 0.717) is 11.4 Å². The first-order valence-corrected chi connectivity index (χ1v) is 4.17. The van der Waals surface area contributed by atoms with E-state index in [-0.39, 0.29) is 19.1 Å². The van der Waals surface area contributed by atoms with Gasteiger partial charge in [0.25, 0.3) is 5.91 Å². The van der Waals surface area contributed by atoms with Gasteiger partial charge in [0.1, 0.15) is 5.75 Å². The fourth-order valence-electron chi connectivity index (χ4n) is 1.38. The number of benzene rings is 1. The molecule has 14 heavy (non-hydrogen) atoms. The number of fused-ring (bicyclic) bond motifs is 1. The Labute approximate surface area is 80.8 Å². The van der Waals surface area contributed by atoms with Gasteiger partial charge in [-0.3, -0.25) is 9.63 Å². The van der Waals surface area contributed by atoms with E-state index < -0.39 is 0 Å². The van der Waals surface area contributed by atoms with Gasteiger partial charge in [-0.2, -0.15) is 0 Å². The summed E-state index contributed by atoms with van der Waals surface area (Å²) < 4.78 is 5.27. The van der Waals surface area contributed by atoms with Gasteiger partial charge in [0, 0.05) is 5.56 Å². The van der Waals surface area contributed by atoms with Crippen LogP contribution in [-0.4, -0.2) is 12.5 Å². The molecule has 5 heteroatoms. The first-order chi connectivity index (χ1) is 6.81. The van der Waals surface area contributed by atoms with Gasteiger partial charge in [-0.1, -0.05) is 12.1 Å². The largest absolute Gasteiger partial charge is 0.481 e. The van der Waals surface area contributed by atoms with Crippen molar-refractivity contribution in [3.8, 4) is 5.75 Å². The number of hydrogen-bond donors (Lipinski definition) is 2. The van der Waals surface area contributed by atoms with Gasteiger partial charge in [0.2, 0.25) is 0 Å². The molecule has 0 unspecified atom stereocenters. The zero-order valence-electron chi connectivity index (χ0n) is 7.45. The molecule has 1 heterocycles. The molecule has 74 valence electrons. The van der Waals surface area contributed by atoms with Crippen LogP contribution in [0.25, 0.3) is 0 Å². The highest BCUT2D eigenvalue weighted by Crippen LogP contribution is 2.31. The first-order valence-electron chi connectivity index (χ1n) is 4.17. The zero-order chi connectivity index (χ0) is 9.97. The average molecular weight is 194 g/mol. The highest BCUT2D eigenvalue weighted by molar-refractivity contribution is 5.95. The number of hydrogen-bond acceptors (Lipinski definition) is 4. The number of para-hydroxylation sites is 1. The van der Waals surface area contributed by atoms with Crippen molar-refractivity contribution in [1.29, 1.82) is 0 Å². The van der Waals surface area contributed by atoms with Gasteiger partial charge in [0.15, 0.2) is 6.61 Å². The van der Waals surface area contributed by atoms with E-state index in [0.717, 1.165) is 5.56 Å². The fraction of sp³-hybridized carbons (Fsp3) is 0.222. The van der Waals surface area contributed by atoms with Crippen LogP contribution in [0.1, 0.15) is 5.56 Å². The summed E-state index contributed by atoms with van der Waals surface area (Å²) >= 11 is 0. The number of anilines is 1. The molecule has 1 aromatic rings. The molecule has 5 nitrogen and oxygen atoms in total. The minimum Gasteiger partial charge on any atom is -0.481 e. The van der Waals surface area contributed by atoms with Gasteiger partial charge in [-0.25, -0.2) is 5.90 Å². The Hall–Kier alpha value is -1.59. The smallest absolute Gasteiger partial charge is 0.262 e. The maximum absolute atomic E-state index is 11.0. The number of nitrogens with two attached hydrogens (primary N) is 1. The Balaban J connectivity index is 2.36. The third kappa shape index (κ3) is 1.55. The minimum atomic E-state index is -0.150. The SMILES string of the molecule is NOCc1cccc2c1OCC(=O)N2. The molecule has 2 rings (SSSR count). The summed E-state index contributed by atoms with van der Waals surface area (Å²) in [6.07, 6.45) is 0. The van der Waals surface area contributed by atoms with E-state index in [1.165, 1.54) is 0 Å². The molecule has 1 aliphatic heterocycles. The molecule has 1 amide bonds. The standard InChI is InChI=1S/C9H10N2O3/c10-14-4-6-2-1-3-7-9(6)13-5-8(12)11-7/h1-3H,4-5,10H2,(H,11,12). The Morgan fingerprint density at radius 1 is 1.57 bits per heavy atom. The molecular weight excluding hydrogens is 184 g/mol. The van der Waals surface area contributed by atoms with Gasteiger partial charge < -0.3 is 10.1 Å². The van der Waals surface area contributed by atoms with Crippen molar-refractivity contribution in [2.24, 2.45) is 5.90 Å². The molecule has 1 aliphatic rings. The molecule has 0 aromatic heterocycles. The van der Waals surface area contributed by atoms with E-state index >= 15 is 0 Å². The topological polar surface area (TPSA) is 73.6 Å². The second-order valence-electron chi connectivity index (χ2n) is 2.94. The van der Waals surface area contributed by atoms with Gasteiger partial charge >= 0.3 is 0 Å². The molecule has 0 bridgehead atoms. The van der Waals surface area contributed by atoms with Crippen LogP contribution in [0.5, 0.6) is 5.75 Å². The van der Waals surface area contributed by atoms with E-state index in [2.05, 4.69) is 10.2 Å². The molecule has 0 fully saturated rings. The third-order valence-corrected chi connectivity index (χ3v) is 1.96. The van der Waals surface area contributed by atoms with E-state index in [9.17, 15) is 4.79 Å². The number of amides is 1. The Morgan fingerprint density at radius 3 is 3.21 bits per heavy atom. The second kappa shape index (κ2) is 3.65. The van der Waals surface area contributed by atoms with Crippen LogP contribution in [0.2, 0.25) is 0 Å². The molecule has 0 spiro atoms. The predicted molar refractivity (Wildman–Crippen MR) is 49.5 cm³/mol. The third-order valence-electron chi connectivity index (χ3n) is 1.96. The normalized spacial score (nSPS) is 14.2.